The molecule has 1 aromatic rings. The van der Waals surface area contributed by atoms with E-state index in [4.69, 9.17) is 0 Å². The molecule has 24 heavy (non-hydrogen) atoms. The predicted molar refractivity (Wildman–Crippen MR) is 93.2 cm³/mol. The number of carbonyl (C=O) groups excluding carboxylic acids is 2. The highest BCUT2D eigenvalue weighted by Crippen LogP contribution is 2.31. The van der Waals surface area contributed by atoms with Gasteiger partial charge in [-0.05, 0) is 38.3 Å². The summed E-state index contributed by atoms with van der Waals surface area (Å²) in [7, 11) is 1.78. The molecule has 1 saturated heterocycles. The molecule has 1 heterocycles. The largest absolute Gasteiger partial charge is 0.342 e. The average molecular weight is 329 g/mol. The molecule has 0 aromatic heterocycles. The maximum absolute atomic E-state index is 13.0. The zero-order valence-corrected chi connectivity index (χ0v) is 14.4. The standard InChI is InChI=1S/C19H27N3O2/c1-20-13-18(23)21-11-9-16(10-12-21)19(24)22(17-7-8-17)14-15-5-3-2-4-6-15/h2-6,16-17,20H,7-14H2,1H3. The molecule has 2 amide bonds. The quantitative estimate of drug-likeness (QED) is 0.863. The summed E-state index contributed by atoms with van der Waals surface area (Å²) >= 11 is 0. The highest BCUT2D eigenvalue weighted by atomic mass is 16.2. The summed E-state index contributed by atoms with van der Waals surface area (Å²) in [4.78, 5) is 28.9. The number of hydrogen-bond acceptors (Lipinski definition) is 3. The van der Waals surface area contributed by atoms with Crippen LogP contribution in [0.1, 0.15) is 31.2 Å². The Hall–Kier alpha value is -1.88. The molecular formula is C19H27N3O2. The minimum absolute atomic E-state index is 0.0629. The van der Waals surface area contributed by atoms with Gasteiger partial charge in [0.25, 0.3) is 0 Å². The molecule has 1 N–H and O–H groups in total. The molecule has 0 atom stereocenters. The maximum atomic E-state index is 13.0. The van der Waals surface area contributed by atoms with Gasteiger partial charge in [0.2, 0.25) is 11.8 Å². The first-order valence-electron chi connectivity index (χ1n) is 8.96. The molecule has 0 unspecified atom stereocenters. The number of carbonyl (C=O) groups is 2. The normalized spacial score (nSPS) is 18.5. The summed E-state index contributed by atoms with van der Waals surface area (Å²) in [6.45, 7) is 2.48. The lowest BCUT2D eigenvalue weighted by atomic mass is 9.94. The number of amides is 2. The maximum Gasteiger partial charge on any atom is 0.236 e. The molecule has 3 rings (SSSR count). The van der Waals surface area contributed by atoms with Gasteiger partial charge in [0, 0.05) is 31.6 Å². The fourth-order valence-electron chi connectivity index (χ4n) is 3.43. The van der Waals surface area contributed by atoms with E-state index in [1.165, 1.54) is 5.56 Å². The van der Waals surface area contributed by atoms with Crippen molar-refractivity contribution in [1.82, 2.24) is 15.1 Å². The van der Waals surface area contributed by atoms with E-state index in [1.54, 1.807) is 7.05 Å². The van der Waals surface area contributed by atoms with Crippen LogP contribution in [0.15, 0.2) is 30.3 Å². The summed E-state index contributed by atoms with van der Waals surface area (Å²) in [5.41, 5.74) is 1.19. The van der Waals surface area contributed by atoms with Crippen LogP contribution in [0.2, 0.25) is 0 Å². The first-order chi connectivity index (χ1) is 11.7. The van der Waals surface area contributed by atoms with E-state index in [-0.39, 0.29) is 17.7 Å². The SMILES string of the molecule is CNCC(=O)N1CCC(C(=O)N(Cc2ccccc2)C2CC2)CC1. The minimum atomic E-state index is 0.0629. The van der Waals surface area contributed by atoms with Crippen molar-refractivity contribution < 1.29 is 9.59 Å². The molecule has 0 radical (unpaired) electrons. The second-order valence-corrected chi connectivity index (χ2v) is 6.87. The van der Waals surface area contributed by atoms with Crippen LogP contribution in [0.5, 0.6) is 0 Å². The van der Waals surface area contributed by atoms with E-state index in [9.17, 15) is 9.59 Å². The summed E-state index contributed by atoms with van der Waals surface area (Å²) in [5.74, 6) is 0.474. The number of likely N-dealkylation sites (tertiary alicyclic amines) is 1. The molecule has 2 fully saturated rings. The van der Waals surface area contributed by atoms with Gasteiger partial charge >= 0.3 is 0 Å². The zero-order chi connectivity index (χ0) is 16.9. The van der Waals surface area contributed by atoms with Crippen LogP contribution in [-0.2, 0) is 16.1 Å². The second kappa shape index (κ2) is 7.79. The Morgan fingerprint density at radius 2 is 1.79 bits per heavy atom. The Morgan fingerprint density at radius 1 is 1.12 bits per heavy atom. The van der Waals surface area contributed by atoms with Crippen LogP contribution in [0.25, 0.3) is 0 Å². The first kappa shape index (κ1) is 17.0. The van der Waals surface area contributed by atoms with Crippen molar-refractivity contribution in [2.24, 2.45) is 5.92 Å². The van der Waals surface area contributed by atoms with Crippen molar-refractivity contribution in [1.29, 1.82) is 0 Å². The van der Waals surface area contributed by atoms with Gasteiger partial charge in [-0.15, -0.1) is 0 Å². The van der Waals surface area contributed by atoms with E-state index in [0.29, 0.717) is 32.2 Å². The van der Waals surface area contributed by atoms with Crippen LogP contribution in [0.4, 0.5) is 0 Å². The van der Waals surface area contributed by atoms with Crippen LogP contribution < -0.4 is 5.32 Å². The van der Waals surface area contributed by atoms with Crippen molar-refractivity contribution in [3.8, 4) is 0 Å². The van der Waals surface area contributed by atoms with Gasteiger partial charge in [0.05, 0.1) is 6.54 Å². The first-order valence-corrected chi connectivity index (χ1v) is 8.96. The highest BCUT2D eigenvalue weighted by Gasteiger charge is 2.37. The lowest BCUT2D eigenvalue weighted by Gasteiger charge is -2.34. The van der Waals surface area contributed by atoms with Crippen LogP contribution in [0.3, 0.4) is 0 Å². The van der Waals surface area contributed by atoms with Gasteiger partial charge in [-0.25, -0.2) is 0 Å². The number of nitrogens with zero attached hydrogens (tertiary/aromatic N) is 2. The topological polar surface area (TPSA) is 52.7 Å². The minimum Gasteiger partial charge on any atom is -0.342 e. The van der Waals surface area contributed by atoms with Crippen LogP contribution in [-0.4, -0.2) is 54.3 Å². The van der Waals surface area contributed by atoms with E-state index in [2.05, 4.69) is 22.3 Å². The van der Waals surface area contributed by atoms with E-state index < -0.39 is 0 Å². The number of rotatable bonds is 6. The van der Waals surface area contributed by atoms with Crippen molar-refractivity contribution >= 4 is 11.8 Å². The molecule has 2 aliphatic rings. The average Bonchev–Trinajstić information content (AvgIpc) is 3.45. The van der Waals surface area contributed by atoms with Crippen molar-refractivity contribution in [3.05, 3.63) is 35.9 Å². The fourth-order valence-corrected chi connectivity index (χ4v) is 3.43. The van der Waals surface area contributed by atoms with E-state index in [0.717, 1.165) is 25.7 Å². The predicted octanol–water partition coefficient (Wildman–Crippen LogP) is 1.64. The van der Waals surface area contributed by atoms with Gasteiger partial charge < -0.3 is 15.1 Å². The monoisotopic (exact) mass is 329 g/mol. The summed E-state index contributed by atoms with van der Waals surface area (Å²) in [5, 5.41) is 2.90. The molecule has 130 valence electrons. The van der Waals surface area contributed by atoms with Crippen molar-refractivity contribution in [2.75, 3.05) is 26.7 Å². The Bertz CT molecular complexity index is 563. The number of likely N-dealkylation sites (N-methyl/N-ethyl adjacent to an activating group) is 1. The molecule has 0 bridgehead atoms. The van der Waals surface area contributed by atoms with Crippen molar-refractivity contribution in [3.63, 3.8) is 0 Å². The Balaban J connectivity index is 1.57. The molecular weight excluding hydrogens is 302 g/mol. The summed E-state index contributed by atoms with van der Waals surface area (Å²) in [6, 6.07) is 10.6. The molecule has 0 spiro atoms. The van der Waals surface area contributed by atoms with Gasteiger partial charge in [0.1, 0.15) is 0 Å². The van der Waals surface area contributed by atoms with Crippen LogP contribution >= 0.6 is 0 Å². The molecule has 1 saturated carbocycles. The van der Waals surface area contributed by atoms with Gasteiger partial charge in [0.15, 0.2) is 0 Å². The summed E-state index contributed by atoms with van der Waals surface area (Å²) < 4.78 is 0. The lowest BCUT2D eigenvalue weighted by molar-refractivity contribution is -0.141. The third-order valence-electron chi connectivity index (χ3n) is 4.99. The number of hydrogen-bond donors (Lipinski definition) is 1. The third-order valence-corrected chi connectivity index (χ3v) is 4.99. The third kappa shape index (κ3) is 4.15. The number of piperidine rings is 1. The molecule has 5 heteroatoms. The molecule has 1 aliphatic carbocycles. The van der Waals surface area contributed by atoms with Gasteiger partial charge in [-0.3, -0.25) is 9.59 Å². The Labute approximate surface area is 144 Å². The smallest absolute Gasteiger partial charge is 0.236 e. The van der Waals surface area contributed by atoms with Crippen molar-refractivity contribution in [2.45, 2.75) is 38.3 Å². The van der Waals surface area contributed by atoms with Gasteiger partial charge in [-0.1, -0.05) is 30.3 Å². The number of nitrogens with one attached hydrogen (secondary N) is 1. The fraction of sp³-hybridized carbons (Fsp3) is 0.579. The van der Waals surface area contributed by atoms with Crippen LogP contribution in [0, 0.1) is 5.92 Å². The van der Waals surface area contributed by atoms with E-state index in [1.807, 2.05) is 23.1 Å². The molecule has 1 aromatic carbocycles. The number of benzene rings is 1. The zero-order valence-electron chi connectivity index (χ0n) is 14.4. The lowest BCUT2D eigenvalue weighted by Crippen LogP contribution is -2.46. The Morgan fingerprint density at radius 3 is 2.38 bits per heavy atom. The molecule has 5 nitrogen and oxygen atoms in total. The summed E-state index contributed by atoms with van der Waals surface area (Å²) in [6.07, 6.45) is 3.81. The van der Waals surface area contributed by atoms with E-state index >= 15 is 0 Å². The Kier molecular flexibility index (Phi) is 5.51. The highest BCUT2D eigenvalue weighted by molar-refractivity contribution is 5.81. The second-order valence-electron chi connectivity index (χ2n) is 6.87. The molecule has 1 aliphatic heterocycles. The van der Waals surface area contributed by atoms with Gasteiger partial charge in [-0.2, -0.15) is 0 Å².